The highest BCUT2D eigenvalue weighted by atomic mass is 16.5. The van der Waals surface area contributed by atoms with Gasteiger partial charge in [0.15, 0.2) is 0 Å². The molecule has 2 aromatic heterocycles. The summed E-state index contributed by atoms with van der Waals surface area (Å²) in [5.74, 6) is 1.60. The highest BCUT2D eigenvalue weighted by Gasteiger charge is 2.22. The molecule has 0 N–H and O–H groups in total. The van der Waals surface area contributed by atoms with Crippen LogP contribution in [0.2, 0.25) is 0 Å². The van der Waals surface area contributed by atoms with E-state index < -0.39 is 5.97 Å². The van der Waals surface area contributed by atoms with Gasteiger partial charge >= 0.3 is 5.97 Å². The van der Waals surface area contributed by atoms with Crippen molar-refractivity contribution >= 4 is 5.97 Å². The van der Waals surface area contributed by atoms with Crippen LogP contribution >= 0.6 is 0 Å². The molecule has 0 saturated carbocycles. The number of aryl methyl sites for hydroxylation is 3. The molecule has 2 rings (SSSR count). The van der Waals surface area contributed by atoms with Gasteiger partial charge in [0, 0.05) is 0 Å². The molecule has 0 amide bonds. The second kappa shape index (κ2) is 5.30. The predicted octanol–water partition coefficient (Wildman–Crippen LogP) is 3.29. The van der Waals surface area contributed by atoms with E-state index in [1.165, 1.54) is 0 Å². The fourth-order valence-corrected chi connectivity index (χ4v) is 1.91. The zero-order valence-corrected chi connectivity index (χ0v) is 11.6. The Morgan fingerprint density at radius 2 is 2.05 bits per heavy atom. The number of carbonyl (C=O) groups is 1. The van der Waals surface area contributed by atoms with E-state index in [1.807, 2.05) is 26.8 Å². The quantitative estimate of drug-likeness (QED) is 0.792. The molecular formula is C14H17NO4. The van der Waals surface area contributed by atoms with Crippen LogP contribution in [0.4, 0.5) is 0 Å². The van der Waals surface area contributed by atoms with Crippen LogP contribution in [0.25, 0.3) is 11.5 Å². The first kappa shape index (κ1) is 13.4. The number of hydrogen-bond donors (Lipinski definition) is 0. The average Bonchev–Trinajstić information content (AvgIpc) is 2.92. The van der Waals surface area contributed by atoms with E-state index >= 15 is 0 Å². The fraction of sp³-hybridized carbons (Fsp3) is 0.429. The van der Waals surface area contributed by atoms with Crippen molar-refractivity contribution in [3.63, 3.8) is 0 Å². The van der Waals surface area contributed by atoms with Gasteiger partial charge in [-0.3, -0.25) is 0 Å². The Balaban J connectivity index is 2.44. The van der Waals surface area contributed by atoms with Crippen molar-refractivity contribution in [3.8, 4) is 11.5 Å². The molecule has 0 unspecified atom stereocenters. The van der Waals surface area contributed by atoms with Crippen LogP contribution in [0, 0.1) is 13.8 Å². The highest BCUT2D eigenvalue weighted by Crippen LogP contribution is 2.28. The summed E-state index contributed by atoms with van der Waals surface area (Å²) < 4.78 is 16.0. The Kier molecular flexibility index (Phi) is 3.74. The number of ether oxygens (including phenoxy) is 1. The van der Waals surface area contributed by atoms with Crippen LogP contribution in [0.3, 0.4) is 0 Å². The van der Waals surface area contributed by atoms with Crippen molar-refractivity contribution in [2.45, 2.75) is 34.1 Å². The Morgan fingerprint density at radius 3 is 2.58 bits per heavy atom. The number of nitrogens with zero attached hydrogens (tertiary/aromatic N) is 1. The SMILES string of the molecule is CCOC(=O)c1oc(-c2cc(C)oc2C)nc1CC. The van der Waals surface area contributed by atoms with Crippen LogP contribution in [0.15, 0.2) is 14.9 Å². The number of oxazole rings is 1. The minimum atomic E-state index is -0.476. The number of esters is 1. The summed E-state index contributed by atoms with van der Waals surface area (Å²) >= 11 is 0. The van der Waals surface area contributed by atoms with Gasteiger partial charge in [0.2, 0.25) is 11.7 Å². The Morgan fingerprint density at radius 1 is 1.32 bits per heavy atom. The topological polar surface area (TPSA) is 65.5 Å². The van der Waals surface area contributed by atoms with Gasteiger partial charge in [0.05, 0.1) is 17.9 Å². The summed E-state index contributed by atoms with van der Waals surface area (Å²) in [6.07, 6.45) is 0.605. The fourth-order valence-electron chi connectivity index (χ4n) is 1.91. The highest BCUT2D eigenvalue weighted by molar-refractivity contribution is 5.88. The number of hydrogen-bond acceptors (Lipinski definition) is 5. The largest absolute Gasteiger partial charge is 0.466 e. The minimum Gasteiger partial charge on any atom is -0.466 e. The Labute approximate surface area is 111 Å². The number of carbonyl (C=O) groups excluding carboxylic acids is 1. The second-order valence-corrected chi connectivity index (χ2v) is 4.20. The van der Waals surface area contributed by atoms with E-state index in [0.717, 1.165) is 17.1 Å². The van der Waals surface area contributed by atoms with E-state index in [9.17, 15) is 4.79 Å². The number of aromatic nitrogens is 1. The van der Waals surface area contributed by atoms with Gasteiger partial charge in [-0.05, 0) is 33.3 Å². The third kappa shape index (κ3) is 2.54. The van der Waals surface area contributed by atoms with Gasteiger partial charge in [-0.1, -0.05) is 6.92 Å². The van der Waals surface area contributed by atoms with Crippen LogP contribution in [-0.4, -0.2) is 17.6 Å². The third-order valence-corrected chi connectivity index (χ3v) is 2.76. The summed E-state index contributed by atoms with van der Waals surface area (Å²) in [5, 5.41) is 0. The van der Waals surface area contributed by atoms with Crippen LogP contribution in [0.1, 0.15) is 41.6 Å². The zero-order valence-electron chi connectivity index (χ0n) is 11.6. The first-order valence-electron chi connectivity index (χ1n) is 6.31. The molecule has 102 valence electrons. The van der Waals surface area contributed by atoms with Crippen molar-refractivity contribution in [3.05, 3.63) is 29.0 Å². The molecule has 0 aromatic carbocycles. The second-order valence-electron chi connectivity index (χ2n) is 4.20. The van der Waals surface area contributed by atoms with Crippen molar-refractivity contribution in [1.29, 1.82) is 0 Å². The molecule has 19 heavy (non-hydrogen) atoms. The van der Waals surface area contributed by atoms with E-state index in [0.29, 0.717) is 24.6 Å². The molecule has 5 nitrogen and oxygen atoms in total. The van der Waals surface area contributed by atoms with Crippen molar-refractivity contribution in [2.24, 2.45) is 0 Å². The lowest BCUT2D eigenvalue weighted by atomic mass is 10.2. The first-order chi connectivity index (χ1) is 9.06. The lowest BCUT2D eigenvalue weighted by molar-refractivity contribution is 0.0489. The Bertz CT molecular complexity index is 595. The summed E-state index contributed by atoms with van der Waals surface area (Å²) in [6.45, 7) is 7.67. The lowest BCUT2D eigenvalue weighted by Crippen LogP contribution is -2.05. The maximum absolute atomic E-state index is 11.8. The summed E-state index contributed by atoms with van der Waals surface area (Å²) in [4.78, 5) is 16.1. The number of furan rings is 1. The van der Waals surface area contributed by atoms with E-state index in [4.69, 9.17) is 13.6 Å². The smallest absolute Gasteiger partial charge is 0.376 e. The van der Waals surface area contributed by atoms with Crippen molar-refractivity contribution in [1.82, 2.24) is 4.98 Å². The average molecular weight is 263 g/mol. The molecule has 0 aliphatic heterocycles. The van der Waals surface area contributed by atoms with Gasteiger partial charge in [-0.15, -0.1) is 0 Å². The summed E-state index contributed by atoms with van der Waals surface area (Å²) in [7, 11) is 0. The molecule has 0 fully saturated rings. The molecule has 0 saturated heterocycles. The van der Waals surface area contributed by atoms with Gasteiger partial charge < -0.3 is 13.6 Å². The molecule has 0 spiro atoms. The predicted molar refractivity (Wildman–Crippen MR) is 69.0 cm³/mol. The molecule has 0 aliphatic rings. The lowest BCUT2D eigenvalue weighted by Gasteiger charge is -1.98. The summed E-state index contributed by atoms with van der Waals surface area (Å²) in [5.41, 5.74) is 1.37. The van der Waals surface area contributed by atoms with Crippen LogP contribution in [-0.2, 0) is 11.2 Å². The number of rotatable bonds is 4. The van der Waals surface area contributed by atoms with Gasteiger partial charge in [-0.2, -0.15) is 0 Å². The van der Waals surface area contributed by atoms with Crippen molar-refractivity contribution < 1.29 is 18.4 Å². The van der Waals surface area contributed by atoms with E-state index in [-0.39, 0.29) is 5.76 Å². The van der Waals surface area contributed by atoms with Crippen LogP contribution in [0.5, 0.6) is 0 Å². The zero-order chi connectivity index (χ0) is 14.0. The minimum absolute atomic E-state index is 0.178. The van der Waals surface area contributed by atoms with Crippen molar-refractivity contribution in [2.75, 3.05) is 6.61 Å². The van der Waals surface area contributed by atoms with Gasteiger partial charge in [0.25, 0.3) is 0 Å². The standard InChI is InChI=1S/C14H17NO4/c1-5-11-12(14(16)17-6-2)19-13(15-11)10-7-8(3)18-9(10)4/h7H,5-6H2,1-4H3. The summed E-state index contributed by atoms with van der Waals surface area (Å²) in [6, 6.07) is 1.84. The molecule has 0 aliphatic carbocycles. The molecule has 0 bridgehead atoms. The van der Waals surface area contributed by atoms with E-state index in [1.54, 1.807) is 6.92 Å². The Hall–Kier alpha value is -2.04. The van der Waals surface area contributed by atoms with E-state index in [2.05, 4.69) is 4.98 Å². The molecular weight excluding hydrogens is 246 g/mol. The normalized spacial score (nSPS) is 10.7. The monoisotopic (exact) mass is 263 g/mol. The third-order valence-electron chi connectivity index (χ3n) is 2.76. The molecule has 2 heterocycles. The van der Waals surface area contributed by atoms with Crippen LogP contribution < -0.4 is 0 Å². The molecule has 5 heteroatoms. The molecule has 0 radical (unpaired) electrons. The molecule has 2 aromatic rings. The van der Waals surface area contributed by atoms with Gasteiger partial charge in [-0.25, -0.2) is 9.78 Å². The maximum Gasteiger partial charge on any atom is 0.376 e. The first-order valence-corrected chi connectivity index (χ1v) is 6.31. The molecule has 0 atom stereocenters. The van der Waals surface area contributed by atoms with Gasteiger partial charge in [0.1, 0.15) is 11.5 Å². The maximum atomic E-state index is 11.8.